The van der Waals surface area contributed by atoms with Gasteiger partial charge in [-0.15, -0.1) is 0 Å². The van der Waals surface area contributed by atoms with Crippen LogP contribution in [0.5, 0.6) is 0 Å². The molecule has 3 rings (SSSR count). The van der Waals surface area contributed by atoms with E-state index in [1.807, 2.05) is 4.90 Å². The molecule has 0 aromatic heterocycles. The summed E-state index contributed by atoms with van der Waals surface area (Å²) in [7, 11) is 0. The van der Waals surface area contributed by atoms with E-state index in [4.69, 9.17) is 5.73 Å². The first kappa shape index (κ1) is 12.4. The molecule has 2 N–H and O–H groups in total. The molecular weight excluding hydrogens is 226 g/mol. The highest BCUT2D eigenvalue weighted by atomic mass is 16.2. The van der Waals surface area contributed by atoms with Gasteiger partial charge in [0.2, 0.25) is 5.91 Å². The lowest BCUT2D eigenvalue weighted by Crippen LogP contribution is -2.52. The zero-order chi connectivity index (χ0) is 12.8. The molecule has 1 heterocycles. The number of piperazine rings is 1. The molecule has 1 saturated heterocycles. The van der Waals surface area contributed by atoms with Gasteiger partial charge in [-0.25, -0.2) is 0 Å². The molecule has 1 amide bonds. The van der Waals surface area contributed by atoms with Gasteiger partial charge in [0.15, 0.2) is 0 Å². The number of carbonyl (C=O) groups is 1. The van der Waals surface area contributed by atoms with Gasteiger partial charge in [0, 0.05) is 45.2 Å². The van der Waals surface area contributed by atoms with E-state index in [0.717, 1.165) is 32.2 Å². The van der Waals surface area contributed by atoms with Gasteiger partial charge in [-0.05, 0) is 37.5 Å². The normalized spacial score (nSPS) is 41.1. The summed E-state index contributed by atoms with van der Waals surface area (Å²) in [5.74, 6) is 0.223. The van der Waals surface area contributed by atoms with Crippen molar-refractivity contribution in [3.05, 3.63) is 0 Å². The number of nitrogens with zero attached hydrogens (tertiary/aromatic N) is 2. The fraction of sp³-hybridized carbons (Fsp3) is 0.929. The van der Waals surface area contributed by atoms with Crippen molar-refractivity contribution in [2.45, 2.75) is 51.1 Å². The number of hydrogen-bond acceptors (Lipinski definition) is 3. The Balaban J connectivity index is 1.48. The largest absolute Gasteiger partial charge is 0.340 e. The second-order valence-corrected chi connectivity index (χ2v) is 6.45. The molecule has 2 aliphatic carbocycles. The molecule has 0 aromatic carbocycles. The van der Waals surface area contributed by atoms with Crippen molar-refractivity contribution in [3.8, 4) is 0 Å². The SMILES string of the molecule is CC(=O)N1CCN(C2CCC3(CC2)CC3N)CC1. The topological polar surface area (TPSA) is 49.6 Å². The van der Waals surface area contributed by atoms with Crippen molar-refractivity contribution in [1.82, 2.24) is 9.80 Å². The van der Waals surface area contributed by atoms with E-state index in [2.05, 4.69) is 4.90 Å². The van der Waals surface area contributed by atoms with Crippen LogP contribution in [0.4, 0.5) is 0 Å². The maximum absolute atomic E-state index is 11.3. The third-order valence-electron chi connectivity index (χ3n) is 5.48. The Morgan fingerprint density at radius 2 is 1.72 bits per heavy atom. The van der Waals surface area contributed by atoms with Crippen LogP contribution in [0.1, 0.15) is 39.0 Å². The van der Waals surface area contributed by atoms with Crippen molar-refractivity contribution in [1.29, 1.82) is 0 Å². The summed E-state index contributed by atoms with van der Waals surface area (Å²) in [5.41, 5.74) is 6.59. The van der Waals surface area contributed by atoms with Crippen LogP contribution in [-0.4, -0.2) is 54.0 Å². The first-order valence-electron chi connectivity index (χ1n) is 7.36. The Kier molecular flexibility index (Phi) is 3.10. The summed E-state index contributed by atoms with van der Waals surface area (Å²) in [6, 6.07) is 1.24. The van der Waals surface area contributed by atoms with Gasteiger partial charge < -0.3 is 10.6 Å². The lowest BCUT2D eigenvalue weighted by Gasteiger charge is -2.42. The molecule has 4 heteroatoms. The number of rotatable bonds is 1. The molecule has 102 valence electrons. The van der Waals surface area contributed by atoms with Gasteiger partial charge >= 0.3 is 0 Å². The van der Waals surface area contributed by atoms with Gasteiger partial charge in [-0.1, -0.05) is 0 Å². The third-order valence-corrected chi connectivity index (χ3v) is 5.48. The minimum atomic E-state index is 0.223. The maximum atomic E-state index is 11.3. The minimum Gasteiger partial charge on any atom is -0.340 e. The Morgan fingerprint density at radius 3 is 2.17 bits per heavy atom. The van der Waals surface area contributed by atoms with Crippen LogP contribution in [-0.2, 0) is 4.79 Å². The summed E-state index contributed by atoms with van der Waals surface area (Å²) < 4.78 is 0. The van der Waals surface area contributed by atoms with E-state index < -0.39 is 0 Å². The van der Waals surface area contributed by atoms with E-state index in [0.29, 0.717) is 11.5 Å². The van der Waals surface area contributed by atoms with E-state index >= 15 is 0 Å². The van der Waals surface area contributed by atoms with Crippen molar-refractivity contribution >= 4 is 5.91 Å². The fourth-order valence-corrected chi connectivity index (χ4v) is 3.90. The Hall–Kier alpha value is -0.610. The van der Waals surface area contributed by atoms with Crippen LogP contribution in [0.3, 0.4) is 0 Å². The van der Waals surface area contributed by atoms with Crippen LogP contribution in [0.15, 0.2) is 0 Å². The van der Waals surface area contributed by atoms with Gasteiger partial charge in [-0.3, -0.25) is 9.69 Å². The molecular formula is C14H25N3O. The van der Waals surface area contributed by atoms with Crippen molar-refractivity contribution in [3.63, 3.8) is 0 Å². The predicted molar refractivity (Wildman–Crippen MR) is 71.1 cm³/mol. The van der Waals surface area contributed by atoms with Gasteiger partial charge in [0.25, 0.3) is 0 Å². The first-order valence-corrected chi connectivity index (χ1v) is 7.36. The molecule has 18 heavy (non-hydrogen) atoms. The lowest BCUT2D eigenvalue weighted by atomic mass is 9.82. The molecule has 3 aliphatic rings. The van der Waals surface area contributed by atoms with Crippen LogP contribution in [0, 0.1) is 5.41 Å². The van der Waals surface area contributed by atoms with Crippen molar-refractivity contribution in [2.24, 2.45) is 11.1 Å². The van der Waals surface area contributed by atoms with Crippen LogP contribution in [0.2, 0.25) is 0 Å². The Morgan fingerprint density at radius 1 is 1.17 bits per heavy atom. The highest BCUT2D eigenvalue weighted by molar-refractivity contribution is 5.73. The van der Waals surface area contributed by atoms with Crippen LogP contribution in [0.25, 0.3) is 0 Å². The zero-order valence-electron chi connectivity index (χ0n) is 11.4. The lowest BCUT2D eigenvalue weighted by molar-refractivity contribution is -0.131. The number of nitrogens with two attached hydrogens (primary N) is 1. The van der Waals surface area contributed by atoms with E-state index in [1.165, 1.54) is 32.1 Å². The average Bonchev–Trinajstić information content (AvgIpc) is 3.00. The number of hydrogen-bond donors (Lipinski definition) is 1. The summed E-state index contributed by atoms with van der Waals surface area (Å²) >= 11 is 0. The highest BCUT2D eigenvalue weighted by Crippen LogP contribution is 2.55. The fourth-order valence-electron chi connectivity index (χ4n) is 3.90. The van der Waals surface area contributed by atoms with Gasteiger partial charge in [0.05, 0.1) is 0 Å². The molecule has 1 unspecified atom stereocenters. The summed E-state index contributed by atoms with van der Waals surface area (Å²) in [5, 5.41) is 0. The van der Waals surface area contributed by atoms with Crippen molar-refractivity contribution < 1.29 is 4.79 Å². The molecule has 4 nitrogen and oxygen atoms in total. The minimum absolute atomic E-state index is 0.223. The first-order chi connectivity index (χ1) is 8.61. The summed E-state index contributed by atoms with van der Waals surface area (Å²) in [6.45, 7) is 5.62. The van der Waals surface area contributed by atoms with Crippen LogP contribution >= 0.6 is 0 Å². The van der Waals surface area contributed by atoms with Crippen molar-refractivity contribution in [2.75, 3.05) is 26.2 Å². The highest BCUT2D eigenvalue weighted by Gasteiger charge is 2.53. The maximum Gasteiger partial charge on any atom is 0.219 e. The smallest absolute Gasteiger partial charge is 0.219 e. The average molecular weight is 251 g/mol. The number of carbonyl (C=O) groups excluding carboxylic acids is 1. The summed E-state index contributed by atoms with van der Waals surface area (Å²) in [4.78, 5) is 15.9. The molecule has 2 saturated carbocycles. The summed E-state index contributed by atoms with van der Waals surface area (Å²) in [6.07, 6.45) is 6.54. The molecule has 3 fully saturated rings. The number of amides is 1. The molecule has 1 atom stereocenters. The Labute approximate surface area is 109 Å². The zero-order valence-corrected chi connectivity index (χ0v) is 11.4. The van der Waals surface area contributed by atoms with Gasteiger partial charge in [0.1, 0.15) is 0 Å². The monoisotopic (exact) mass is 251 g/mol. The molecule has 1 spiro atoms. The predicted octanol–water partition coefficient (Wildman–Crippen LogP) is 0.811. The second kappa shape index (κ2) is 4.49. The molecule has 0 bridgehead atoms. The second-order valence-electron chi connectivity index (χ2n) is 6.45. The molecule has 0 aromatic rings. The Bertz CT molecular complexity index is 328. The van der Waals surface area contributed by atoms with E-state index in [9.17, 15) is 4.79 Å². The van der Waals surface area contributed by atoms with Gasteiger partial charge in [-0.2, -0.15) is 0 Å². The molecule has 1 aliphatic heterocycles. The van der Waals surface area contributed by atoms with Crippen LogP contribution < -0.4 is 5.73 Å². The van der Waals surface area contributed by atoms with E-state index in [-0.39, 0.29) is 5.91 Å². The standard InChI is InChI=1S/C14H25N3O/c1-11(18)16-6-8-17(9-7-16)12-2-4-14(5-3-12)10-13(14)15/h12-13H,2-10,15H2,1H3. The molecule has 0 radical (unpaired) electrons. The third kappa shape index (κ3) is 2.16. The van der Waals surface area contributed by atoms with E-state index in [1.54, 1.807) is 6.92 Å². The quantitative estimate of drug-likeness (QED) is 0.750.